The molecule has 0 saturated heterocycles. The Morgan fingerprint density at radius 2 is 2.08 bits per heavy atom. The highest BCUT2D eigenvalue weighted by atomic mass is 79.9. The Hall–Kier alpha value is -2.28. The Bertz CT molecular complexity index is 938. The van der Waals surface area contributed by atoms with E-state index in [-0.39, 0.29) is 24.3 Å². The molecule has 7 heteroatoms. The quantitative estimate of drug-likeness (QED) is 0.654. The molecule has 2 aromatic heterocycles. The molecule has 25 heavy (non-hydrogen) atoms. The molecular weight excluding hydrogens is 387 g/mol. The van der Waals surface area contributed by atoms with Gasteiger partial charge in [0, 0.05) is 41.3 Å². The van der Waals surface area contributed by atoms with Crippen LogP contribution >= 0.6 is 15.9 Å². The second-order valence-corrected chi connectivity index (χ2v) is 7.13. The fourth-order valence-electron chi connectivity index (χ4n) is 2.65. The van der Waals surface area contributed by atoms with Crippen molar-refractivity contribution >= 4 is 32.9 Å². The highest BCUT2D eigenvalue weighted by Gasteiger charge is 2.16. The van der Waals surface area contributed by atoms with Crippen LogP contribution in [0.5, 0.6) is 0 Å². The molecule has 5 nitrogen and oxygen atoms in total. The van der Waals surface area contributed by atoms with Crippen LogP contribution in [0.25, 0.3) is 11.0 Å². The molecule has 0 aliphatic heterocycles. The number of carbonyl (C=O) groups is 1. The summed E-state index contributed by atoms with van der Waals surface area (Å²) in [6.45, 7) is 4.22. The fourth-order valence-corrected chi connectivity index (χ4v) is 3.06. The maximum atomic E-state index is 13.9. The van der Waals surface area contributed by atoms with Gasteiger partial charge in [0.2, 0.25) is 0 Å². The number of nitrogens with zero attached hydrogens (tertiary/aromatic N) is 4. The summed E-state index contributed by atoms with van der Waals surface area (Å²) in [5.41, 5.74) is 1.65. The zero-order valence-corrected chi connectivity index (χ0v) is 15.8. The maximum Gasteiger partial charge on any atom is 0.255 e. The van der Waals surface area contributed by atoms with E-state index >= 15 is 0 Å². The zero-order chi connectivity index (χ0) is 18.1. The highest BCUT2D eigenvalue weighted by Crippen LogP contribution is 2.20. The van der Waals surface area contributed by atoms with Crippen molar-refractivity contribution in [2.75, 3.05) is 7.05 Å². The van der Waals surface area contributed by atoms with Crippen LogP contribution in [0.3, 0.4) is 0 Å². The monoisotopic (exact) mass is 404 g/mol. The van der Waals surface area contributed by atoms with Gasteiger partial charge in [-0.1, -0.05) is 15.9 Å². The second kappa shape index (κ2) is 6.92. The van der Waals surface area contributed by atoms with Gasteiger partial charge >= 0.3 is 0 Å². The number of aromatic nitrogens is 3. The minimum absolute atomic E-state index is 0.174. The van der Waals surface area contributed by atoms with E-state index < -0.39 is 0 Å². The van der Waals surface area contributed by atoms with Crippen molar-refractivity contribution in [3.63, 3.8) is 0 Å². The Labute approximate surface area is 153 Å². The van der Waals surface area contributed by atoms with Crippen LogP contribution in [-0.4, -0.2) is 32.6 Å². The van der Waals surface area contributed by atoms with E-state index in [9.17, 15) is 9.18 Å². The second-order valence-electron chi connectivity index (χ2n) is 6.22. The standard InChI is InChI=1S/C18H18BrFN4O/c1-11(2)24-17-12(9-22-24)6-13(8-21-17)18(25)23(3)10-14-7-15(19)4-5-16(14)20/h4-9,11H,10H2,1-3H3. The Morgan fingerprint density at radius 1 is 1.32 bits per heavy atom. The number of hydrogen-bond acceptors (Lipinski definition) is 3. The number of carbonyl (C=O) groups excluding carboxylic acids is 1. The van der Waals surface area contributed by atoms with Crippen LogP contribution in [0.2, 0.25) is 0 Å². The number of benzene rings is 1. The molecule has 0 aliphatic rings. The van der Waals surface area contributed by atoms with Crippen LogP contribution in [-0.2, 0) is 6.54 Å². The first kappa shape index (κ1) is 17.5. The Kier molecular flexibility index (Phi) is 4.85. The maximum absolute atomic E-state index is 13.9. The minimum atomic E-state index is -0.338. The number of halogens is 2. The Balaban J connectivity index is 1.84. The van der Waals surface area contributed by atoms with Crippen molar-refractivity contribution in [2.24, 2.45) is 0 Å². The molecule has 0 bridgehead atoms. The summed E-state index contributed by atoms with van der Waals surface area (Å²) >= 11 is 3.32. The first-order chi connectivity index (χ1) is 11.9. The van der Waals surface area contributed by atoms with Crippen LogP contribution in [0.15, 0.2) is 41.1 Å². The lowest BCUT2D eigenvalue weighted by Crippen LogP contribution is -2.26. The number of pyridine rings is 1. The van der Waals surface area contributed by atoms with Crippen LogP contribution in [0, 0.1) is 5.82 Å². The highest BCUT2D eigenvalue weighted by molar-refractivity contribution is 9.10. The molecule has 0 spiro atoms. The third-order valence-electron chi connectivity index (χ3n) is 3.93. The molecule has 2 heterocycles. The predicted octanol–water partition coefficient (Wildman–Crippen LogP) is 4.19. The van der Waals surface area contributed by atoms with Gasteiger partial charge in [0.1, 0.15) is 5.82 Å². The summed E-state index contributed by atoms with van der Waals surface area (Å²) in [5.74, 6) is -0.555. The van der Waals surface area contributed by atoms with Crippen molar-refractivity contribution in [3.8, 4) is 0 Å². The van der Waals surface area contributed by atoms with Crippen LogP contribution in [0.1, 0.15) is 35.8 Å². The van der Waals surface area contributed by atoms with Crippen LogP contribution in [0.4, 0.5) is 4.39 Å². The average molecular weight is 405 g/mol. The molecule has 0 unspecified atom stereocenters. The topological polar surface area (TPSA) is 51.0 Å². The summed E-state index contributed by atoms with van der Waals surface area (Å²) in [5, 5.41) is 5.11. The van der Waals surface area contributed by atoms with E-state index in [0.717, 1.165) is 15.5 Å². The van der Waals surface area contributed by atoms with Gasteiger partial charge in [0.25, 0.3) is 5.91 Å². The normalized spacial score (nSPS) is 11.3. The molecule has 0 saturated carbocycles. The van der Waals surface area contributed by atoms with E-state index in [4.69, 9.17) is 0 Å². The smallest absolute Gasteiger partial charge is 0.255 e. The number of hydrogen-bond donors (Lipinski definition) is 0. The molecule has 130 valence electrons. The third-order valence-corrected chi connectivity index (χ3v) is 4.42. The lowest BCUT2D eigenvalue weighted by Gasteiger charge is -2.18. The molecule has 1 aromatic carbocycles. The first-order valence-corrected chi connectivity index (χ1v) is 8.68. The van der Waals surface area contributed by atoms with Crippen molar-refractivity contribution in [1.82, 2.24) is 19.7 Å². The molecule has 0 fully saturated rings. The largest absolute Gasteiger partial charge is 0.337 e. The lowest BCUT2D eigenvalue weighted by atomic mass is 10.1. The van der Waals surface area contributed by atoms with Gasteiger partial charge in [-0.05, 0) is 38.1 Å². The lowest BCUT2D eigenvalue weighted by molar-refractivity contribution is 0.0783. The summed E-state index contributed by atoms with van der Waals surface area (Å²) in [6.07, 6.45) is 3.24. The summed E-state index contributed by atoms with van der Waals surface area (Å²) in [4.78, 5) is 18.5. The van der Waals surface area contributed by atoms with Gasteiger partial charge in [-0.25, -0.2) is 14.1 Å². The van der Waals surface area contributed by atoms with Gasteiger partial charge in [-0.15, -0.1) is 0 Å². The minimum Gasteiger partial charge on any atom is -0.337 e. The molecule has 3 aromatic rings. The van der Waals surface area contributed by atoms with Crippen molar-refractivity contribution in [1.29, 1.82) is 0 Å². The van der Waals surface area contributed by atoms with Gasteiger partial charge in [0.15, 0.2) is 5.65 Å². The summed E-state index contributed by atoms with van der Waals surface area (Å²) < 4.78 is 16.5. The van der Waals surface area contributed by atoms with Crippen molar-refractivity contribution in [2.45, 2.75) is 26.4 Å². The third kappa shape index (κ3) is 3.56. The van der Waals surface area contributed by atoms with E-state index in [1.165, 1.54) is 11.0 Å². The predicted molar refractivity (Wildman–Crippen MR) is 97.8 cm³/mol. The number of fused-ring (bicyclic) bond motifs is 1. The molecule has 0 N–H and O–H groups in total. The molecule has 0 radical (unpaired) electrons. The fraction of sp³-hybridized carbons (Fsp3) is 0.278. The van der Waals surface area contributed by atoms with Crippen molar-refractivity contribution in [3.05, 3.63) is 58.1 Å². The molecule has 1 amide bonds. The van der Waals surface area contributed by atoms with E-state index in [1.54, 1.807) is 37.6 Å². The summed E-state index contributed by atoms with van der Waals surface area (Å²) in [6, 6.07) is 6.64. The van der Waals surface area contributed by atoms with E-state index in [2.05, 4.69) is 26.0 Å². The average Bonchev–Trinajstić information content (AvgIpc) is 3.00. The van der Waals surface area contributed by atoms with Gasteiger partial charge < -0.3 is 4.90 Å². The zero-order valence-electron chi connectivity index (χ0n) is 14.2. The Morgan fingerprint density at radius 3 is 2.80 bits per heavy atom. The molecule has 0 aliphatic carbocycles. The molecule has 3 rings (SSSR count). The first-order valence-electron chi connectivity index (χ1n) is 7.89. The van der Waals surface area contributed by atoms with Crippen LogP contribution < -0.4 is 0 Å². The van der Waals surface area contributed by atoms with Gasteiger partial charge in [0.05, 0.1) is 11.8 Å². The van der Waals surface area contributed by atoms with E-state index in [1.807, 2.05) is 18.5 Å². The van der Waals surface area contributed by atoms with Gasteiger partial charge in [-0.3, -0.25) is 4.79 Å². The molecule has 0 atom stereocenters. The van der Waals surface area contributed by atoms with Gasteiger partial charge in [-0.2, -0.15) is 5.10 Å². The molecular formula is C18H18BrFN4O. The van der Waals surface area contributed by atoms with E-state index in [0.29, 0.717) is 11.1 Å². The number of rotatable bonds is 4. The SMILES string of the molecule is CC(C)n1ncc2cc(C(=O)N(C)Cc3cc(Br)ccc3F)cnc21. The number of amides is 1. The summed E-state index contributed by atoms with van der Waals surface area (Å²) in [7, 11) is 1.64. The van der Waals surface area contributed by atoms with Crippen molar-refractivity contribution < 1.29 is 9.18 Å².